The number of hydrogen-bond acceptors (Lipinski definition) is 2. The Balaban J connectivity index is 2.23. The van der Waals surface area contributed by atoms with Crippen LogP contribution >= 0.6 is 0 Å². The van der Waals surface area contributed by atoms with Gasteiger partial charge in [0.05, 0.1) is 5.69 Å². The fourth-order valence-corrected chi connectivity index (χ4v) is 2.51. The molecule has 3 nitrogen and oxygen atoms in total. The average molecular weight is 251 g/mol. The molecule has 104 valence electrons. The van der Waals surface area contributed by atoms with Crippen molar-refractivity contribution in [2.24, 2.45) is 0 Å². The van der Waals surface area contributed by atoms with Crippen LogP contribution in [0.25, 0.3) is 0 Å². The molecule has 18 heavy (non-hydrogen) atoms. The largest absolute Gasteiger partial charge is 0.317 e. The van der Waals surface area contributed by atoms with E-state index in [1.54, 1.807) is 0 Å². The molecule has 0 amide bonds. The molecule has 0 spiro atoms. The number of hydrogen-bond donors (Lipinski definition) is 1. The molecule has 1 N–H and O–H groups in total. The fraction of sp³-hybridized carbons (Fsp3) is 0.800. The van der Waals surface area contributed by atoms with E-state index < -0.39 is 0 Å². The molecule has 0 bridgehead atoms. The molecular weight excluding hydrogens is 222 g/mol. The van der Waals surface area contributed by atoms with E-state index in [0.717, 1.165) is 26.1 Å². The van der Waals surface area contributed by atoms with Crippen molar-refractivity contribution in [2.75, 3.05) is 13.1 Å². The van der Waals surface area contributed by atoms with Gasteiger partial charge in [-0.15, -0.1) is 0 Å². The summed E-state index contributed by atoms with van der Waals surface area (Å²) in [5.41, 5.74) is 4.01. The molecule has 0 aromatic carbocycles. The van der Waals surface area contributed by atoms with Crippen LogP contribution in [0.3, 0.4) is 0 Å². The van der Waals surface area contributed by atoms with Gasteiger partial charge in [-0.2, -0.15) is 5.10 Å². The van der Waals surface area contributed by atoms with Gasteiger partial charge >= 0.3 is 0 Å². The molecule has 1 heterocycles. The predicted octanol–water partition coefficient (Wildman–Crippen LogP) is 3.23. The molecule has 1 rings (SSSR count). The number of rotatable bonds is 9. The van der Waals surface area contributed by atoms with Crippen molar-refractivity contribution < 1.29 is 0 Å². The summed E-state index contributed by atoms with van der Waals surface area (Å²) in [6.45, 7) is 12.0. The Morgan fingerprint density at radius 3 is 2.39 bits per heavy atom. The zero-order chi connectivity index (χ0) is 13.4. The lowest BCUT2D eigenvalue weighted by atomic mass is 10.1. The van der Waals surface area contributed by atoms with E-state index in [9.17, 15) is 0 Å². The van der Waals surface area contributed by atoms with Crippen LogP contribution in [-0.4, -0.2) is 22.9 Å². The normalized spacial score (nSPS) is 11.1. The minimum absolute atomic E-state index is 1.08. The Morgan fingerprint density at radius 1 is 1.06 bits per heavy atom. The molecular formula is C15H29N3. The second-order valence-corrected chi connectivity index (χ2v) is 4.99. The summed E-state index contributed by atoms with van der Waals surface area (Å²) in [6.07, 6.45) is 6.28. The molecule has 0 saturated carbocycles. The standard InChI is InChI=1S/C15H29N3/c1-5-15-13(3)17-18(14(15)4)12-10-8-7-9-11-16-6-2/h16H,5-12H2,1-4H3. The van der Waals surface area contributed by atoms with E-state index in [2.05, 4.69) is 42.8 Å². The Morgan fingerprint density at radius 2 is 1.78 bits per heavy atom. The summed E-state index contributed by atoms with van der Waals surface area (Å²) in [6, 6.07) is 0. The maximum absolute atomic E-state index is 4.63. The number of aromatic nitrogens is 2. The quantitative estimate of drug-likeness (QED) is 0.683. The summed E-state index contributed by atoms with van der Waals surface area (Å²) in [5, 5.41) is 8.00. The molecule has 0 aliphatic rings. The number of unbranched alkanes of at least 4 members (excludes halogenated alkanes) is 3. The fourth-order valence-electron chi connectivity index (χ4n) is 2.51. The van der Waals surface area contributed by atoms with Crippen molar-refractivity contribution in [3.63, 3.8) is 0 Å². The molecule has 0 aliphatic heterocycles. The van der Waals surface area contributed by atoms with Gasteiger partial charge in [0.2, 0.25) is 0 Å². The molecule has 0 atom stereocenters. The first-order chi connectivity index (χ1) is 8.70. The van der Waals surface area contributed by atoms with Crippen molar-refractivity contribution in [1.29, 1.82) is 0 Å². The van der Waals surface area contributed by atoms with Crippen molar-refractivity contribution in [1.82, 2.24) is 15.1 Å². The maximum atomic E-state index is 4.63. The average Bonchev–Trinajstić information content (AvgIpc) is 2.63. The smallest absolute Gasteiger partial charge is 0.0628 e. The highest BCUT2D eigenvalue weighted by Crippen LogP contribution is 2.14. The van der Waals surface area contributed by atoms with E-state index in [-0.39, 0.29) is 0 Å². The van der Waals surface area contributed by atoms with Crippen LogP contribution in [0.2, 0.25) is 0 Å². The highest BCUT2D eigenvalue weighted by atomic mass is 15.3. The van der Waals surface area contributed by atoms with Crippen LogP contribution in [0.1, 0.15) is 56.5 Å². The van der Waals surface area contributed by atoms with Crippen LogP contribution in [0.15, 0.2) is 0 Å². The molecule has 0 aliphatic carbocycles. The van der Waals surface area contributed by atoms with Gasteiger partial charge in [-0.25, -0.2) is 0 Å². The topological polar surface area (TPSA) is 29.9 Å². The van der Waals surface area contributed by atoms with Crippen molar-refractivity contribution in [3.05, 3.63) is 17.0 Å². The van der Waals surface area contributed by atoms with Gasteiger partial charge in [0.25, 0.3) is 0 Å². The van der Waals surface area contributed by atoms with Gasteiger partial charge in [0, 0.05) is 12.2 Å². The highest BCUT2D eigenvalue weighted by molar-refractivity contribution is 5.24. The lowest BCUT2D eigenvalue weighted by molar-refractivity contribution is 0.517. The Bertz CT molecular complexity index is 342. The van der Waals surface area contributed by atoms with E-state index in [0.29, 0.717) is 0 Å². The zero-order valence-electron chi connectivity index (χ0n) is 12.6. The van der Waals surface area contributed by atoms with Gasteiger partial charge in [-0.1, -0.05) is 26.7 Å². The molecule has 1 aromatic heterocycles. The monoisotopic (exact) mass is 251 g/mol. The molecule has 0 radical (unpaired) electrons. The molecule has 1 aromatic rings. The lowest BCUT2D eigenvalue weighted by Gasteiger charge is -2.05. The van der Waals surface area contributed by atoms with E-state index >= 15 is 0 Å². The minimum atomic E-state index is 1.08. The van der Waals surface area contributed by atoms with Crippen LogP contribution in [0.5, 0.6) is 0 Å². The second-order valence-electron chi connectivity index (χ2n) is 4.99. The third-order valence-corrected chi connectivity index (χ3v) is 3.61. The third kappa shape index (κ3) is 4.45. The number of aryl methyl sites for hydroxylation is 2. The highest BCUT2D eigenvalue weighted by Gasteiger charge is 2.08. The molecule has 3 heteroatoms. The summed E-state index contributed by atoms with van der Waals surface area (Å²) in [5.74, 6) is 0. The van der Waals surface area contributed by atoms with Gasteiger partial charge in [-0.05, 0) is 51.8 Å². The third-order valence-electron chi connectivity index (χ3n) is 3.61. The molecule has 0 fully saturated rings. The van der Waals surface area contributed by atoms with Crippen molar-refractivity contribution >= 4 is 0 Å². The molecule has 0 saturated heterocycles. The lowest BCUT2D eigenvalue weighted by Crippen LogP contribution is -2.13. The SMILES string of the molecule is CCNCCCCCCn1nc(C)c(CC)c1C. The number of nitrogens with one attached hydrogen (secondary N) is 1. The first-order valence-electron chi connectivity index (χ1n) is 7.44. The van der Waals surface area contributed by atoms with Crippen molar-refractivity contribution in [2.45, 2.75) is 66.3 Å². The summed E-state index contributed by atoms with van der Waals surface area (Å²) >= 11 is 0. The summed E-state index contributed by atoms with van der Waals surface area (Å²) < 4.78 is 2.19. The summed E-state index contributed by atoms with van der Waals surface area (Å²) in [4.78, 5) is 0. The predicted molar refractivity (Wildman–Crippen MR) is 78.1 cm³/mol. The maximum Gasteiger partial charge on any atom is 0.0628 e. The van der Waals surface area contributed by atoms with Crippen LogP contribution < -0.4 is 5.32 Å². The Hall–Kier alpha value is -0.830. The van der Waals surface area contributed by atoms with Gasteiger partial charge in [0.15, 0.2) is 0 Å². The second kappa shape index (κ2) is 8.30. The van der Waals surface area contributed by atoms with Crippen LogP contribution in [0, 0.1) is 13.8 Å². The van der Waals surface area contributed by atoms with Gasteiger partial charge < -0.3 is 5.32 Å². The van der Waals surface area contributed by atoms with E-state index in [1.165, 1.54) is 42.6 Å². The van der Waals surface area contributed by atoms with Gasteiger partial charge in [0.1, 0.15) is 0 Å². The zero-order valence-corrected chi connectivity index (χ0v) is 12.6. The van der Waals surface area contributed by atoms with E-state index in [1.807, 2.05) is 0 Å². The van der Waals surface area contributed by atoms with E-state index in [4.69, 9.17) is 0 Å². The number of nitrogens with zero attached hydrogens (tertiary/aromatic N) is 2. The molecule has 0 unspecified atom stereocenters. The van der Waals surface area contributed by atoms with Crippen LogP contribution in [-0.2, 0) is 13.0 Å². The van der Waals surface area contributed by atoms with Crippen LogP contribution in [0.4, 0.5) is 0 Å². The first kappa shape index (κ1) is 15.2. The Kier molecular flexibility index (Phi) is 7.02. The minimum Gasteiger partial charge on any atom is -0.317 e. The first-order valence-corrected chi connectivity index (χ1v) is 7.44. The Labute approximate surface area is 112 Å². The summed E-state index contributed by atoms with van der Waals surface area (Å²) in [7, 11) is 0. The van der Waals surface area contributed by atoms with Gasteiger partial charge in [-0.3, -0.25) is 4.68 Å². The van der Waals surface area contributed by atoms with Crippen molar-refractivity contribution in [3.8, 4) is 0 Å².